The fraction of sp³-hybridized carbons (Fsp3) is 0.471. The Bertz CT molecular complexity index is 635. The van der Waals surface area contributed by atoms with Crippen molar-refractivity contribution in [1.29, 1.82) is 0 Å². The average Bonchev–Trinajstić information content (AvgIpc) is 2.98. The van der Waals surface area contributed by atoms with Gasteiger partial charge in [-0.3, -0.25) is 4.79 Å². The predicted octanol–water partition coefficient (Wildman–Crippen LogP) is 4.15. The average molecular weight is 334 g/mol. The van der Waals surface area contributed by atoms with Crippen molar-refractivity contribution in [2.45, 2.75) is 50.5 Å². The molecule has 0 aliphatic rings. The summed E-state index contributed by atoms with van der Waals surface area (Å²) in [7, 11) is 0. The van der Waals surface area contributed by atoms with Crippen LogP contribution in [0.3, 0.4) is 0 Å². The Morgan fingerprint density at radius 3 is 2.61 bits per heavy atom. The molecule has 0 aliphatic carbocycles. The molecule has 0 N–H and O–H groups in total. The van der Waals surface area contributed by atoms with Crippen LogP contribution in [0.2, 0.25) is 0 Å². The molecular weight excluding hydrogens is 312 g/mol. The zero-order valence-electron chi connectivity index (χ0n) is 13.9. The summed E-state index contributed by atoms with van der Waals surface area (Å²) >= 11 is 1.63. The standard InChI is InChI=1S/C17H22N2O3S/c1-12(15-18-16(19-22-15)17(2,3)4)21-14(20)10-11-23-13-8-6-5-7-9-13/h5-9,12H,10-11H2,1-4H3. The van der Waals surface area contributed by atoms with E-state index in [1.165, 1.54) is 0 Å². The third-order valence-electron chi connectivity index (χ3n) is 3.09. The number of thioether (sulfide) groups is 1. The molecule has 0 fully saturated rings. The SMILES string of the molecule is CC(OC(=O)CCSc1ccccc1)c1nc(C(C)(C)C)no1. The first-order valence-electron chi connectivity index (χ1n) is 7.57. The smallest absolute Gasteiger partial charge is 0.307 e. The Hall–Kier alpha value is -1.82. The van der Waals surface area contributed by atoms with Crippen LogP contribution >= 0.6 is 11.8 Å². The zero-order valence-corrected chi connectivity index (χ0v) is 14.7. The molecule has 0 spiro atoms. The van der Waals surface area contributed by atoms with Crippen molar-refractivity contribution >= 4 is 17.7 Å². The zero-order chi connectivity index (χ0) is 16.9. The minimum absolute atomic E-state index is 0.197. The van der Waals surface area contributed by atoms with Crippen molar-refractivity contribution in [2.75, 3.05) is 5.75 Å². The first kappa shape index (κ1) is 17.5. The summed E-state index contributed by atoms with van der Waals surface area (Å²) in [5.74, 6) is 1.34. The van der Waals surface area contributed by atoms with Crippen molar-refractivity contribution in [2.24, 2.45) is 0 Å². The Balaban J connectivity index is 1.79. The van der Waals surface area contributed by atoms with Gasteiger partial charge in [0.1, 0.15) is 0 Å². The van der Waals surface area contributed by atoms with Gasteiger partial charge in [0.2, 0.25) is 0 Å². The number of nitrogens with zero attached hydrogens (tertiary/aromatic N) is 2. The molecule has 1 aromatic carbocycles. The summed E-state index contributed by atoms with van der Waals surface area (Å²) in [6.45, 7) is 7.74. The minimum Gasteiger partial charge on any atom is -0.453 e. The molecule has 6 heteroatoms. The number of benzene rings is 1. The van der Waals surface area contributed by atoms with Gasteiger partial charge in [-0.1, -0.05) is 44.1 Å². The van der Waals surface area contributed by atoms with Gasteiger partial charge in [0.05, 0.1) is 6.42 Å². The summed E-state index contributed by atoms with van der Waals surface area (Å²) in [5, 5.41) is 3.94. The molecule has 0 saturated heterocycles. The molecule has 1 heterocycles. The predicted molar refractivity (Wildman–Crippen MR) is 89.3 cm³/mol. The molecule has 0 saturated carbocycles. The van der Waals surface area contributed by atoms with E-state index in [9.17, 15) is 4.79 Å². The summed E-state index contributed by atoms with van der Waals surface area (Å²) in [4.78, 5) is 17.3. The van der Waals surface area contributed by atoms with E-state index in [0.29, 0.717) is 23.9 Å². The van der Waals surface area contributed by atoms with Crippen LogP contribution in [0.5, 0.6) is 0 Å². The number of hydrogen-bond donors (Lipinski definition) is 0. The molecule has 0 aliphatic heterocycles. The van der Waals surface area contributed by atoms with E-state index in [2.05, 4.69) is 10.1 Å². The quantitative estimate of drug-likeness (QED) is 0.584. The van der Waals surface area contributed by atoms with Crippen LogP contribution in [0.25, 0.3) is 0 Å². The number of aromatic nitrogens is 2. The first-order valence-corrected chi connectivity index (χ1v) is 8.56. The second-order valence-electron chi connectivity index (χ2n) is 6.25. The van der Waals surface area contributed by atoms with Crippen molar-refractivity contribution in [3.8, 4) is 0 Å². The summed E-state index contributed by atoms with van der Waals surface area (Å²) in [6.07, 6.45) is -0.197. The van der Waals surface area contributed by atoms with Gasteiger partial charge in [-0.2, -0.15) is 4.98 Å². The van der Waals surface area contributed by atoms with Crippen LogP contribution in [0.15, 0.2) is 39.8 Å². The molecule has 124 valence electrons. The van der Waals surface area contributed by atoms with Crippen molar-refractivity contribution < 1.29 is 14.1 Å². The lowest BCUT2D eigenvalue weighted by atomic mass is 9.96. The van der Waals surface area contributed by atoms with Gasteiger partial charge >= 0.3 is 5.97 Å². The number of carbonyl (C=O) groups is 1. The maximum absolute atomic E-state index is 11.9. The summed E-state index contributed by atoms with van der Waals surface area (Å²) in [6, 6.07) is 9.96. The molecule has 0 radical (unpaired) electrons. The highest BCUT2D eigenvalue weighted by molar-refractivity contribution is 7.99. The highest BCUT2D eigenvalue weighted by atomic mass is 32.2. The van der Waals surface area contributed by atoms with Crippen molar-refractivity contribution in [3.05, 3.63) is 42.0 Å². The second-order valence-corrected chi connectivity index (χ2v) is 7.42. The lowest BCUT2D eigenvalue weighted by Gasteiger charge is -2.11. The second kappa shape index (κ2) is 7.64. The fourth-order valence-corrected chi connectivity index (χ4v) is 2.63. The van der Waals surface area contributed by atoms with E-state index < -0.39 is 6.10 Å². The van der Waals surface area contributed by atoms with E-state index in [4.69, 9.17) is 9.26 Å². The van der Waals surface area contributed by atoms with E-state index in [0.717, 1.165) is 4.90 Å². The van der Waals surface area contributed by atoms with E-state index in [-0.39, 0.29) is 11.4 Å². The lowest BCUT2D eigenvalue weighted by Crippen LogP contribution is -2.14. The maximum atomic E-state index is 11.9. The van der Waals surface area contributed by atoms with Crippen LogP contribution in [0.1, 0.15) is 51.9 Å². The van der Waals surface area contributed by atoms with Crippen molar-refractivity contribution in [1.82, 2.24) is 10.1 Å². The Morgan fingerprint density at radius 2 is 2.00 bits per heavy atom. The molecule has 1 unspecified atom stereocenters. The number of carbonyl (C=O) groups excluding carboxylic acids is 1. The number of rotatable bonds is 6. The monoisotopic (exact) mass is 334 g/mol. The van der Waals surface area contributed by atoms with Gasteiger partial charge in [-0.05, 0) is 19.1 Å². The Labute approximate surface area is 140 Å². The van der Waals surface area contributed by atoms with E-state index in [1.807, 2.05) is 51.1 Å². The van der Waals surface area contributed by atoms with Gasteiger partial charge in [-0.15, -0.1) is 11.8 Å². The molecule has 5 nitrogen and oxygen atoms in total. The topological polar surface area (TPSA) is 65.2 Å². The van der Waals surface area contributed by atoms with Gasteiger partial charge in [0.15, 0.2) is 11.9 Å². The van der Waals surface area contributed by atoms with Gasteiger partial charge in [-0.25, -0.2) is 0 Å². The van der Waals surface area contributed by atoms with Crippen LogP contribution < -0.4 is 0 Å². The summed E-state index contributed by atoms with van der Waals surface area (Å²) in [5.41, 5.74) is -0.197. The molecule has 1 aromatic heterocycles. The normalized spacial score (nSPS) is 12.9. The Morgan fingerprint density at radius 1 is 1.30 bits per heavy atom. The fourth-order valence-electron chi connectivity index (χ4n) is 1.78. The lowest BCUT2D eigenvalue weighted by molar-refractivity contribution is -0.149. The molecule has 0 amide bonds. The van der Waals surface area contributed by atoms with Crippen LogP contribution in [0, 0.1) is 0 Å². The molecule has 23 heavy (non-hydrogen) atoms. The largest absolute Gasteiger partial charge is 0.453 e. The molecular formula is C17H22N2O3S. The minimum atomic E-state index is -0.534. The third kappa shape index (κ3) is 5.39. The molecule has 1 atom stereocenters. The van der Waals surface area contributed by atoms with Crippen LogP contribution in [-0.4, -0.2) is 21.9 Å². The van der Waals surface area contributed by atoms with Crippen LogP contribution in [-0.2, 0) is 14.9 Å². The van der Waals surface area contributed by atoms with Gasteiger partial charge in [0, 0.05) is 16.1 Å². The number of hydrogen-bond acceptors (Lipinski definition) is 6. The highest BCUT2D eigenvalue weighted by Gasteiger charge is 2.24. The van der Waals surface area contributed by atoms with Crippen molar-refractivity contribution in [3.63, 3.8) is 0 Å². The van der Waals surface area contributed by atoms with Gasteiger partial charge < -0.3 is 9.26 Å². The highest BCUT2D eigenvalue weighted by Crippen LogP contribution is 2.23. The first-order chi connectivity index (χ1) is 10.9. The maximum Gasteiger partial charge on any atom is 0.307 e. The van der Waals surface area contributed by atoms with Crippen LogP contribution in [0.4, 0.5) is 0 Å². The van der Waals surface area contributed by atoms with E-state index >= 15 is 0 Å². The molecule has 2 aromatic rings. The number of esters is 1. The number of ether oxygens (including phenoxy) is 1. The summed E-state index contributed by atoms with van der Waals surface area (Å²) < 4.78 is 10.5. The Kier molecular flexibility index (Phi) is 5.82. The van der Waals surface area contributed by atoms with E-state index in [1.54, 1.807) is 18.7 Å². The van der Waals surface area contributed by atoms with Gasteiger partial charge in [0.25, 0.3) is 5.89 Å². The molecule has 0 bridgehead atoms. The third-order valence-corrected chi connectivity index (χ3v) is 4.10. The molecule has 2 rings (SSSR count).